The first-order valence-electron chi connectivity index (χ1n) is 8.86. The van der Waals surface area contributed by atoms with E-state index in [1.165, 1.54) is 46.9 Å². The molecule has 1 saturated heterocycles. The van der Waals surface area contributed by atoms with E-state index in [2.05, 4.69) is 10.5 Å². The van der Waals surface area contributed by atoms with Gasteiger partial charge in [-0.05, 0) is 35.9 Å². The van der Waals surface area contributed by atoms with Gasteiger partial charge in [-0.1, -0.05) is 18.2 Å². The molecule has 0 radical (unpaired) electrons. The highest BCUT2D eigenvalue weighted by molar-refractivity contribution is 7.89. The normalized spacial score (nSPS) is 16.0. The number of carbonyl (C=O) groups excluding carboxylic acids is 1. The number of carbonyl (C=O) groups is 1. The minimum absolute atomic E-state index is 0.0243. The van der Waals surface area contributed by atoms with Gasteiger partial charge in [0.05, 0.1) is 29.9 Å². The zero-order valence-electron chi connectivity index (χ0n) is 15.6. The van der Waals surface area contributed by atoms with Crippen molar-refractivity contribution in [3.05, 3.63) is 65.2 Å². The Bertz CT molecular complexity index is 1030. The molecule has 1 amide bonds. The standard InChI is InChI=1S/C19H18F3N3O4S/c20-19(21,22)16-6-4-14(5-7-16)13-23-24-18(26)15-2-1-3-17(12-15)30(27,28)25-8-10-29-11-9-25/h1-7,12-13H,8-11H2,(H,24,26)/b23-13-. The van der Waals surface area contributed by atoms with Crippen LogP contribution in [0.25, 0.3) is 0 Å². The second-order valence-electron chi connectivity index (χ2n) is 6.36. The zero-order chi connectivity index (χ0) is 21.8. The molecule has 11 heteroatoms. The largest absolute Gasteiger partial charge is 0.416 e. The summed E-state index contributed by atoms with van der Waals surface area (Å²) in [5.74, 6) is -0.655. The van der Waals surface area contributed by atoms with Gasteiger partial charge in [0.2, 0.25) is 10.0 Å². The predicted octanol–water partition coefficient (Wildman–Crippen LogP) is 2.49. The fourth-order valence-electron chi connectivity index (χ4n) is 2.72. The number of morpholine rings is 1. The number of hydrogen-bond acceptors (Lipinski definition) is 5. The SMILES string of the molecule is O=C(N/N=C\c1ccc(C(F)(F)F)cc1)c1cccc(S(=O)(=O)N2CCOCC2)c1. The van der Waals surface area contributed by atoms with Crippen LogP contribution in [0.15, 0.2) is 58.5 Å². The van der Waals surface area contributed by atoms with Crippen molar-refractivity contribution < 1.29 is 31.1 Å². The van der Waals surface area contributed by atoms with Crippen LogP contribution in [0.3, 0.4) is 0 Å². The fraction of sp³-hybridized carbons (Fsp3) is 0.263. The van der Waals surface area contributed by atoms with Crippen LogP contribution in [-0.2, 0) is 20.9 Å². The van der Waals surface area contributed by atoms with Crippen molar-refractivity contribution in [1.82, 2.24) is 9.73 Å². The summed E-state index contributed by atoms with van der Waals surface area (Å²) >= 11 is 0. The van der Waals surface area contributed by atoms with Crippen molar-refractivity contribution in [1.29, 1.82) is 0 Å². The lowest BCUT2D eigenvalue weighted by Gasteiger charge is -2.26. The summed E-state index contributed by atoms with van der Waals surface area (Å²) in [5.41, 5.74) is 1.87. The van der Waals surface area contributed by atoms with Crippen LogP contribution in [0, 0.1) is 0 Å². The first-order chi connectivity index (χ1) is 14.2. The number of sulfonamides is 1. The minimum atomic E-state index is -4.43. The molecule has 0 aliphatic carbocycles. The van der Waals surface area contributed by atoms with Gasteiger partial charge in [-0.2, -0.15) is 22.6 Å². The monoisotopic (exact) mass is 441 g/mol. The number of amides is 1. The van der Waals surface area contributed by atoms with Gasteiger partial charge >= 0.3 is 6.18 Å². The van der Waals surface area contributed by atoms with Gasteiger partial charge in [0.1, 0.15) is 0 Å². The molecule has 0 aromatic heterocycles. The number of alkyl halides is 3. The molecule has 1 heterocycles. The first kappa shape index (κ1) is 21.9. The lowest BCUT2D eigenvalue weighted by molar-refractivity contribution is -0.137. The van der Waals surface area contributed by atoms with Crippen molar-refractivity contribution in [2.24, 2.45) is 5.10 Å². The van der Waals surface area contributed by atoms with Crippen LogP contribution in [0.1, 0.15) is 21.5 Å². The van der Waals surface area contributed by atoms with E-state index in [1.807, 2.05) is 0 Å². The lowest BCUT2D eigenvalue weighted by Crippen LogP contribution is -2.40. The summed E-state index contributed by atoms with van der Waals surface area (Å²) in [5, 5.41) is 3.71. The molecule has 0 bridgehead atoms. The van der Waals surface area contributed by atoms with Crippen LogP contribution < -0.4 is 5.43 Å². The van der Waals surface area contributed by atoms with Crippen LogP contribution >= 0.6 is 0 Å². The number of rotatable bonds is 5. The molecule has 160 valence electrons. The summed E-state index contributed by atoms with van der Waals surface area (Å²) < 4.78 is 69.5. The van der Waals surface area contributed by atoms with Gasteiger partial charge in [0.25, 0.3) is 5.91 Å². The fourth-order valence-corrected chi connectivity index (χ4v) is 4.18. The molecular weight excluding hydrogens is 423 g/mol. The molecule has 1 fully saturated rings. The summed E-state index contributed by atoms with van der Waals surface area (Å²) in [6, 6.07) is 9.76. The molecule has 2 aromatic rings. The molecular formula is C19H18F3N3O4S. The average Bonchev–Trinajstić information content (AvgIpc) is 2.74. The van der Waals surface area contributed by atoms with Crippen LogP contribution in [0.4, 0.5) is 13.2 Å². The maximum atomic E-state index is 12.7. The molecule has 0 spiro atoms. The number of nitrogens with one attached hydrogen (secondary N) is 1. The number of halogens is 3. The first-order valence-corrected chi connectivity index (χ1v) is 10.3. The van der Waals surface area contributed by atoms with Crippen LogP contribution in [-0.4, -0.2) is 51.1 Å². The van der Waals surface area contributed by atoms with E-state index >= 15 is 0 Å². The number of hydrazone groups is 1. The number of ether oxygens (including phenoxy) is 1. The molecule has 0 unspecified atom stereocenters. The molecule has 30 heavy (non-hydrogen) atoms. The van der Waals surface area contributed by atoms with E-state index in [4.69, 9.17) is 4.74 Å². The topological polar surface area (TPSA) is 88.1 Å². The Morgan fingerprint density at radius 1 is 1.10 bits per heavy atom. The molecule has 2 aromatic carbocycles. The van der Waals surface area contributed by atoms with Crippen LogP contribution in [0.5, 0.6) is 0 Å². The van der Waals surface area contributed by atoms with Gasteiger partial charge in [-0.25, -0.2) is 13.8 Å². The Labute approximate surface area is 171 Å². The summed E-state index contributed by atoms with van der Waals surface area (Å²) in [7, 11) is -3.75. The Balaban J connectivity index is 1.67. The van der Waals surface area contributed by atoms with Gasteiger partial charge in [-0.15, -0.1) is 0 Å². The van der Waals surface area contributed by atoms with Gasteiger partial charge in [0.15, 0.2) is 0 Å². The Hall–Kier alpha value is -2.76. The van der Waals surface area contributed by atoms with Crippen molar-refractivity contribution in [3.8, 4) is 0 Å². The van der Waals surface area contributed by atoms with Gasteiger partial charge in [-0.3, -0.25) is 4.79 Å². The highest BCUT2D eigenvalue weighted by Crippen LogP contribution is 2.28. The Kier molecular flexibility index (Phi) is 6.54. The van der Waals surface area contributed by atoms with E-state index in [9.17, 15) is 26.4 Å². The maximum Gasteiger partial charge on any atom is 0.416 e. The maximum absolute atomic E-state index is 12.7. The smallest absolute Gasteiger partial charge is 0.379 e. The third-order valence-corrected chi connectivity index (χ3v) is 6.22. The van der Waals surface area contributed by atoms with Crippen molar-refractivity contribution in [2.75, 3.05) is 26.3 Å². The van der Waals surface area contributed by atoms with Crippen LogP contribution in [0.2, 0.25) is 0 Å². The third kappa shape index (κ3) is 5.23. The number of benzene rings is 2. The molecule has 1 aliphatic heterocycles. The Morgan fingerprint density at radius 2 is 1.77 bits per heavy atom. The molecule has 1 N–H and O–H groups in total. The number of nitrogens with zero attached hydrogens (tertiary/aromatic N) is 2. The minimum Gasteiger partial charge on any atom is -0.379 e. The van der Waals surface area contributed by atoms with Gasteiger partial charge in [0, 0.05) is 18.7 Å². The number of hydrogen-bond donors (Lipinski definition) is 1. The van der Waals surface area contributed by atoms with Gasteiger partial charge < -0.3 is 4.74 Å². The van der Waals surface area contributed by atoms with E-state index in [0.29, 0.717) is 18.8 Å². The van der Waals surface area contributed by atoms with E-state index < -0.39 is 27.7 Å². The van der Waals surface area contributed by atoms with E-state index in [0.717, 1.165) is 12.1 Å². The zero-order valence-corrected chi connectivity index (χ0v) is 16.4. The predicted molar refractivity (Wildman–Crippen MR) is 103 cm³/mol. The highest BCUT2D eigenvalue weighted by atomic mass is 32.2. The highest BCUT2D eigenvalue weighted by Gasteiger charge is 2.30. The average molecular weight is 441 g/mol. The quantitative estimate of drug-likeness (QED) is 0.571. The summed E-state index contributed by atoms with van der Waals surface area (Å²) in [6.45, 7) is 1.07. The Morgan fingerprint density at radius 3 is 2.40 bits per heavy atom. The molecule has 3 rings (SSSR count). The van der Waals surface area contributed by atoms with E-state index in [-0.39, 0.29) is 23.5 Å². The van der Waals surface area contributed by atoms with Crippen molar-refractivity contribution in [3.63, 3.8) is 0 Å². The summed E-state index contributed by atoms with van der Waals surface area (Å²) in [6.07, 6.45) is -3.25. The van der Waals surface area contributed by atoms with E-state index in [1.54, 1.807) is 0 Å². The van der Waals surface area contributed by atoms with Crippen molar-refractivity contribution >= 4 is 22.1 Å². The van der Waals surface area contributed by atoms with Crippen molar-refractivity contribution in [2.45, 2.75) is 11.1 Å². The molecule has 0 saturated carbocycles. The second kappa shape index (κ2) is 8.94. The second-order valence-corrected chi connectivity index (χ2v) is 8.30. The lowest BCUT2D eigenvalue weighted by atomic mass is 10.1. The molecule has 1 aliphatic rings. The summed E-state index contributed by atoms with van der Waals surface area (Å²) in [4.78, 5) is 12.2. The molecule has 0 atom stereocenters. The third-order valence-electron chi connectivity index (χ3n) is 4.32. The molecule has 7 nitrogen and oxygen atoms in total.